The average molecular weight is 409 g/mol. The van der Waals surface area contributed by atoms with E-state index >= 15 is 0 Å². The van der Waals surface area contributed by atoms with Crippen molar-refractivity contribution >= 4 is 51.9 Å². The highest BCUT2D eigenvalue weighted by atomic mass is 35.5. The number of allylic oxidation sites excluding steroid dienone is 1. The number of ether oxygens (including phenoxy) is 2. The summed E-state index contributed by atoms with van der Waals surface area (Å²) < 4.78 is 11.1. The summed E-state index contributed by atoms with van der Waals surface area (Å²) in [7, 11) is 2.96. The van der Waals surface area contributed by atoms with Crippen molar-refractivity contribution in [3.05, 3.63) is 56.9 Å². The first-order valence-corrected chi connectivity index (χ1v) is 9.36. The Kier molecular flexibility index (Phi) is 5.50. The highest BCUT2D eigenvalue weighted by molar-refractivity contribution is 7.80. The largest absolute Gasteiger partial charge is 0.495 e. The zero-order chi connectivity index (χ0) is 18.8. The van der Waals surface area contributed by atoms with Crippen molar-refractivity contribution in [3.8, 4) is 5.75 Å². The zero-order valence-corrected chi connectivity index (χ0v) is 16.8. The Labute approximate surface area is 166 Å². The molecule has 8 heteroatoms. The van der Waals surface area contributed by atoms with Crippen molar-refractivity contribution in [3.63, 3.8) is 0 Å². The number of nitrogens with one attached hydrogen (secondary N) is 1. The van der Waals surface area contributed by atoms with Crippen LogP contribution >= 0.6 is 35.2 Å². The molecule has 26 heavy (non-hydrogen) atoms. The number of carbonyl (C=O) groups is 1. The number of methoxy groups -OCH3 is 2. The zero-order valence-electron chi connectivity index (χ0n) is 14.4. The molecule has 136 valence electrons. The molecule has 1 atom stereocenters. The lowest BCUT2D eigenvalue weighted by atomic mass is 10.00. The van der Waals surface area contributed by atoms with Crippen LogP contribution in [0.1, 0.15) is 17.8 Å². The Morgan fingerprint density at radius 3 is 2.62 bits per heavy atom. The minimum atomic E-state index is -0.424. The third kappa shape index (κ3) is 3.30. The first kappa shape index (κ1) is 18.7. The molecule has 0 aliphatic carbocycles. The number of para-hydroxylation sites is 2. The third-order valence-electron chi connectivity index (χ3n) is 4.09. The van der Waals surface area contributed by atoms with Gasteiger partial charge in [-0.15, -0.1) is 11.3 Å². The van der Waals surface area contributed by atoms with E-state index in [2.05, 4.69) is 5.32 Å². The van der Waals surface area contributed by atoms with E-state index in [-0.39, 0.29) is 0 Å². The molecule has 1 aromatic heterocycles. The number of halogens is 1. The summed E-state index contributed by atoms with van der Waals surface area (Å²) in [4.78, 5) is 15.2. The van der Waals surface area contributed by atoms with Gasteiger partial charge in [0.25, 0.3) is 0 Å². The van der Waals surface area contributed by atoms with Crippen LogP contribution in [0.15, 0.2) is 47.7 Å². The van der Waals surface area contributed by atoms with E-state index in [9.17, 15) is 4.79 Å². The van der Waals surface area contributed by atoms with Crippen LogP contribution in [-0.2, 0) is 9.53 Å². The van der Waals surface area contributed by atoms with Crippen molar-refractivity contribution in [2.24, 2.45) is 0 Å². The molecule has 1 unspecified atom stereocenters. The fraction of sp³-hybridized carbons (Fsp3) is 0.222. The molecule has 1 aliphatic heterocycles. The number of rotatable bonds is 4. The third-order valence-corrected chi connectivity index (χ3v) is 5.69. The second kappa shape index (κ2) is 7.65. The van der Waals surface area contributed by atoms with E-state index in [4.69, 9.17) is 33.3 Å². The van der Waals surface area contributed by atoms with E-state index in [1.807, 2.05) is 37.3 Å². The lowest BCUT2D eigenvalue weighted by Crippen LogP contribution is -2.48. The maximum Gasteiger partial charge on any atom is 0.338 e. The lowest BCUT2D eigenvalue weighted by molar-refractivity contribution is -0.136. The molecule has 1 N–H and O–H groups in total. The van der Waals surface area contributed by atoms with Crippen molar-refractivity contribution in [1.29, 1.82) is 0 Å². The van der Waals surface area contributed by atoms with Crippen LogP contribution in [-0.4, -0.2) is 25.3 Å². The summed E-state index contributed by atoms with van der Waals surface area (Å²) in [5, 5.41) is 3.70. The normalized spacial score (nSPS) is 17.2. The Bertz CT molecular complexity index is 894. The van der Waals surface area contributed by atoms with E-state index in [1.165, 1.54) is 18.4 Å². The summed E-state index contributed by atoms with van der Waals surface area (Å²) in [5.41, 5.74) is 1.90. The van der Waals surface area contributed by atoms with Gasteiger partial charge in [-0.05, 0) is 43.4 Å². The van der Waals surface area contributed by atoms with Gasteiger partial charge in [-0.25, -0.2) is 4.79 Å². The van der Waals surface area contributed by atoms with Crippen molar-refractivity contribution in [2.75, 3.05) is 19.1 Å². The second-order valence-electron chi connectivity index (χ2n) is 5.52. The average Bonchev–Trinajstić information content (AvgIpc) is 3.07. The van der Waals surface area contributed by atoms with Gasteiger partial charge in [0.1, 0.15) is 5.75 Å². The van der Waals surface area contributed by atoms with Gasteiger partial charge in [0.2, 0.25) is 0 Å². The van der Waals surface area contributed by atoms with Crippen LogP contribution in [0.5, 0.6) is 5.75 Å². The van der Waals surface area contributed by atoms with Crippen LogP contribution in [0.25, 0.3) is 0 Å². The molecule has 0 fully saturated rings. The predicted octanol–water partition coefficient (Wildman–Crippen LogP) is 4.29. The van der Waals surface area contributed by atoms with Crippen LogP contribution in [0.2, 0.25) is 4.34 Å². The smallest absolute Gasteiger partial charge is 0.338 e. The Hall–Kier alpha value is -2.09. The molecular formula is C18H17ClN2O3S2. The molecule has 0 spiro atoms. The number of hydrogen-bond donors (Lipinski definition) is 1. The van der Waals surface area contributed by atoms with Gasteiger partial charge >= 0.3 is 5.97 Å². The predicted molar refractivity (Wildman–Crippen MR) is 108 cm³/mol. The first-order chi connectivity index (χ1) is 12.5. The van der Waals surface area contributed by atoms with Crippen LogP contribution < -0.4 is 15.0 Å². The number of nitrogens with zero attached hydrogens (tertiary/aromatic N) is 1. The molecule has 0 saturated heterocycles. The molecular weight excluding hydrogens is 392 g/mol. The summed E-state index contributed by atoms with van der Waals surface area (Å²) in [6.07, 6.45) is 0. The molecule has 0 saturated carbocycles. The first-order valence-electron chi connectivity index (χ1n) is 7.76. The lowest BCUT2D eigenvalue weighted by Gasteiger charge is -2.37. The summed E-state index contributed by atoms with van der Waals surface area (Å²) in [5.74, 6) is 0.227. The Morgan fingerprint density at radius 1 is 1.27 bits per heavy atom. The quantitative estimate of drug-likeness (QED) is 0.601. The van der Waals surface area contributed by atoms with Crippen LogP contribution in [0.3, 0.4) is 0 Å². The second-order valence-corrected chi connectivity index (χ2v) is 7.66. The van der Waals surface area contributed by atoms with E-state index in [1.54, 1.807) is 18.1 Å². The van der Waals surface area contributed by atoms with Crippen molar-refractivity contribution in [2.45, 2.75) is 13.0 Å². The highest BCUT2D eigenvalue weighted by Gasteiger charge is 2.36. The topological polar surface area (TPSA) is 50.8 Å². The number of carbonyl (C=O) groups excluding carboxylic acids is 1. The maximum absolute atomic E-state index is 12.6. The molecule has 0 amide bonds. The van der Waals surface area contributed by atoms with Gasteiger partial charge in [-0.1, -0.05) is 23.7 Å². The fourth-order valence-corrected chi connectivity index (χ4v) is 4.39. The monoisotopic (exact) mass is 408 g/mol. The number of anilines is 1. The fourth-order valence-electron chi connectivity index (χ4n) is 2.92. The van der Waals surface area contributed by atoms with Gasteiger partial charge in [-0.2, -0.15) is 0 Å². The van der Waals surface area contributed by atoms with E-state index in [0.717, 1.165) is 10.6 Å². The van der Waals surface area contributed by atoms with E-state index < -0.39 is 12.0 Å². The molecule has 0 bridgehead atoms. The molecule has 1 aliphatic rings. The SMILES string of the molecule is COC(=O)C1=C(C)N(c2ccccc2OC)C(=S)NC1c1ccc(Cl)s1. The van der Waals surface area contributed by atoms with Crippen molar-refractivity contribution < 1.29 is 14.3 Å². The Balaban J connectivity index is 2.16. The molecule has 0 radical (unpaired) electrons. The number of esters is 1. The van der Waals surface area contributed by atoms with Crippen LogP contribution in [0, 0.1) is 0 Å². The van der Waals surface area contributed by atoms with Gasteiger partial charge in [0.05, 0.1) is 35.9 Å². The van der Waals surface area contributed by atoms with Gasteiger partial charge < -0.3 is 14.8 Å². The van der Waals surface area contributed by atoms with Gasteiger partial charge in [0.15, 0.2) is 5.11 Å². The molecule has 5 nitrogen and oxygen atoms in total. The Morgan fingerprint density at radius 2 is 2.00 bits per heavy atom. The van der Waals surface area contributed by atoms with Gasteiger partial charge in [-0.3, -0.25) is 4.90 Å². The van der Waals surface area contributed by atoms with Gasteiger partial charge in [0, 0.05) is 10.6 Å². The standard InChI is InChI=1S/C18H17ClN2O3S2/c1-10-15(17(22)24-3)16(13-8-9-14(19)26-13)20-18(25)21(10)11-6-4-5-7-12(11)23-2/h4-9,16H,1-3H3,(H,20,25). The number of hydrogen-bond acceptors (Lipinski definition) is 5. The molecule has 1 aromatic carbocycles. The molecule has 2 aromatic rings. The van der Waals surface area contributed by atoms with E-state index in [0.29, 0.717) is 26.5 Å². The summed E-state index contributed by atoms with van der Waals surface area (Å²) in [6.45, 7) is 1.84. The summed E-state index contributed by atoms with van der Waals surface area (Å²) in [6, 6.07) is 10.7. The number of thiophene rings is 1. The number of benzene rings is 1. The minimum Gasteiger partial charge on any atom is -0.495 e. The molecule has 2 heterocycles. The number of thiocarbonyl (C=S) groups is 1. The highest BCUT2D eigenvalue weighted by Crippen LogP contribution is 2.39. The van der Waals surface area contributed by atoms with Crippen molar-refractivity contribution in [1.82, 2.24) is 5.32 Å². The molecule has 3 rings (SSSR count). The minimum absolute atomic E-state index is 0.418. The maximum atomic E-state index is 12.6. The van der Waals surface area contributed by atoms with Crippen LogP contribution in [0.4, 0.5) is 5.69 Å². The summed E-state index contributed by atoms with van der Waals surface area (Å²) >= 11 is 13.1.